The molecule has 1 saturated heterocycles. The van der Waals surface area contributed by atoms with E-state index in [2.05, 4.69) is 38.5 Å². The number of hydrogen-bond acceptors (Lipinski definition) is 9. The van der Waals surface area contributed by atoms with E-state index in [1.165, 1.54) is 35.1 Å². The van der Waals surface area contributed by atoms with Gasteiger partial charge in [0.05, 0.1) is 25.5 Å². The van der Waals surface area contributed by atoms with Crippen molar-refractivity contribution in [2.75, 3.05) is 24.8 Å². The number of carbonyl (C=O) groups excluding carboxylic acids is 2. The zero-order valence-corrected chi connectivity index (χ0v) is 23.8. The van der Waals surface area contributed by atoms with Crippen LogP contribution in [-0.4, -0.2) is 52.2 Å². The quantitative estimate of drug-likeness (QED) is 0.194. The number of methoxy groups -OCH3 is 1. The van der Waals surface area contributed by atoms with E-state index in [1.807, 2.05) is 36.6 Å². The van der Waals surface area contributed by atoms with Crippen LogP contribution in [0.4, 0.5) is 5.00 Å². The SMILES string of the molecule is COC(=O)c1c(-c2ccc(C)cc2)csc1NC(=O)CSc1nnc(-c2csc(C)c2)n1CC1CCCO1. The summed E-state index contributed by atoms with van der Waals surface area (Å²) < 4.78 is 13.0. The molecule has 198 valence electrons. The number of nitrogens with one attached hydrogen (secondary N) is 1. The largest absolute Gasteiger partial charge is 0.465 e. The van der Waals surface area contributed by atoms with Crippen molar-refractivity contribution in [1.82, 2.24) is 14.8 Å². The third-order valence-electron chi connectivity index (χ3n) is 6.24. The lowest BCUT2D eigenvalue weighted by Crippen LogP contribution is -2.18. The van der Waals surface area contributed by atoms with E-state index in [0.717, 1.165) is 47.5 Å². The minimum Gasteiger partial charge on any atom is -0.465 e. The maximum absolute atomic E-state index is 13.0. The number of ether oxygens (including phenoxy) is 2. The number of aromatic nitrogens is 3. The average Bonchev–Trinajstić information content (AvgIpc) is 3.71. The van der Waals surface area contributed by atoms with Gasteiger partial charge in [-0.2, -0.15) is 0 Å². The monoisotopic (exact) mass is 568 g/mol. The molecule has 38 heavy (non-hydrogen) atoms. The van der Waals surface area contributed by atoms with Gasteiger partial charge in [0, 0.05) is 33.4 Å². The lowest BCUT2D eigenvalue weighted by Gasteiger charge is -2.14. The molecule has 1 aromatic carbocycles. The highest BCUT2D eigenvalue weighted by Crippen LogP contribution is 2.37. The van der Waals surface area contributed by atoms with Gasteiger partial charge in [-0.15, -0.1) is 32.9 Å². The molecule has 4 heterocycles. The van der Waals surface area contributed by atoms with Gasteiger partial charge < -0.3 is 14.8 Å². The van der Waals surface area contributed by atoms with Gasteiger partial charge in [0.15, 0.2) is 11.0 Å². The smallest absolute Gasteiger partial charge is 0.341 e. The van der Waals surface area contributed by atoms with Crippen LogP contribution < -0.4 is 5.32 Å². The van der Waals surface area contributed by atoms with Gasteiger partial charge in [-0.1, -0.05) is 41.6 Å². The summed E-state index contributed by atoms with van der Waals surface area (Å²) in [7, 11) is 1.34. The van der Waals surface area contributed by atoms with Crippen LogP contribution in [0.25, 0.3) is 22.5 Å². The standard InChI is InChI=1S/C27H28N4O4S3/c1-16-6-8-18(9-7-16)21-14-37-25(23(21)26(33)34-3)28-22(32)15-38-27-30-29-24(19-11-17(2)36-13-19)31(27)12-20-5-4-10-35-20/h6-9,11,13-14,20H,4-5,10,12,15H2,1-3H3,(H,28,32). The molecular formula is C27H28N4O4S3. The lowest BCUT2D eigenvalue weighted by atomic mass is 10.0. The zero-order chi connectivity index (χ0) is 26.6. The lowest BCUT2D eigenvalue weighted by molar-refractivity contribution is -0.113. The van der Waals surface area contributed by atoms with Crippen molar-refractivity contribution in [3.8, 4) is 22.5 Å². The second kappa shape index (κ2) is 11.8. The second-order valence-corrected chi connectivity index (χ2v) is 12.0. The molecule has 1 fully saturated rings. The fourth-order valence-corrected chi connectivity index (χ4v) is 6.72. The summed E-state index contributed by atoms with van der Waals surface area (Å²) in [6.07, 6.45) is 2.13. The first-order chi connectivity index (χ1) is 18.4. The predicted molar refractivity (Wildman–Crippen MR) is 152 cm³/mol. The van der Waals surface area contributed by atoms with Crippen LogP contribution in [0, 0.1) is 13.8 Å². The summed E-state index contributed by atoms with van der Waals surface area (Å²) >= 11 is 4.29. The topological polar surface area (TPSA) is 95.3 Å². The normalized spacial score (nSPS) is 15.1. The van der Waals surface area contributed by atoms with E-state index in [0.29, 0.717) is 22.3 Å². The number of benzene rings is 1. The highest BCUT2D eigenvalue weighted by molar-refractivity contribution is 7.99. The number of aryl methyl sites for hydroxylation is 2. The van der Waals surface area contributed by atoms with E-state index < -0.39 is 5.97 Å². The predicted octanol–water partition coefficient (Wildman–Crippen LogP) is 6.05. The van der Waals surface area contributed by atoms with Crippen molar-refractivity contribution in [1.29, 1.82) is 0 Å². The van der Waals surface area contributed by atoms with Gasteiger partial charge in [0.25, 0.3) is 0 Å². The molecule has 0 radical (unpaired) electrons. The van der Waals surface area contributed by atoms with Gasteiger partial charge in [0.2, 0.25) is 5.91 Å². The fourth-order valence-electron chi connectivity index (χ4n) is 4.32. The molecule has 1 aliphatic heterocycles. The first kappa shape index (κ1) is 26.6. The van der Waals surface area contributed by atoms with E-state index in [4.69, 9.17) is 9.47 Å². The maximum atomic E-state index is 13.0. The molecule has 1 aliphatic rings. The van der Waals surface area contributed by atoms with Crippen molar-refractivity contribution in [2.24, 2.45) is 0 Å². The molecule has 0 bridgehead atoms. The second-order valence-electron chi connectivity index (χ2n) is 9.05. The molecule has 5 rings (SSSR count). The molecule has 0 spiro atoms. The summed E-state index contributed by atoms with van der Waals surface area (Å²) in [6.45, 7) is 5.47. The maximum Gasteiger partial charge on any atom is 0.341 e. The third kappa shape index (κ3) is 5.85. The number of thiophene rings is 2. The summed E-state index contributed by atoms with van der Waals surface area (Å²) in [5, 5.41) is 16.8. The summed E-state index contributed by atoms with van der Waals surface area (Å²) in [4.78, 5) is 26.9. The first-order valence-corrected chi connectivity index (χ1v) is 15.0. The summed E-state index contributed by atoms with van der Waals surface area (Å²) in [5.41, 5.74) is 4.12. The molecule has 1 unspecified atom stereocenters. The number of amides is 1. The van der Waals surface area contributed by atoms with Crippen molar-refractivity contribution in [2.45, 2.75) is 44.5 Å². The minimum absolute atomic E-state index is 0.103. The van der Waals surface area contributed by atoms with Gasteiger partial charge in [0.1, 0.15) is 10.6 Å². The molecule has 11 heteroatoms. The van der Waals surface area contributed by atoms with Crippen LogP contribution in [0.3, 0.4) is 0 Å². The van der Waals surface area contributed by atoms with Crippen LogP contribution in [-0.2, 0) is 20.8 Å². The molecular weight excluding hydrogens is 541 g/mol. The molecule has 1 atom stereocenters. The Kier molecular flexibility index (Phi) is 8.27. The summed E-state index contributed by atoms with van der Waals surface area (Å²) in [6, 6.07) is 9.98. The number of thioether (sulfide) groups is 1. The number of anilines is 1. The van der Waals surface area contributed by atoms with Crippen molar-refractivity contribution in [3.63, 3.8) is 0 Å². The summed E-state index contributed by atoms with van der Waals surface area (Å²) in [5.74, 6) is 0.167. The molecule has 1 N–H and O–H groups in total. The molecule has 8 nitrogen and oxygen atoms in total. The number of hydrogen-bond donors (Lipinski definition) is 1. The molecule has 0 saturated carbocycles. The van der Waals surface area contributed by atoms with Crippen molar-refractivity contribution >= 4 is 51.3 Å². The van der Waals surface area contributed by atoms with E-state index in [-0.39, 0.29) is 17.8 Å². The average molecular weight is 569 g/mol. The van der Waals surface area contributed by atoms with Gasteiger partial charge in [-0.25, -0.2) is 4.79 Å². The number of carbonyl (C=O) groups is 2. The van der Waals surface area contributed by atoms with Crippen molar-refractivity contribution in [3.05, 3.63) is 57.1 Å². The van der Waals surface area contributed by atoms with Crippen LogP contribution >= 0.6 is 34.4 Å². The van der Waals surface area contributed by atoms with Gasteiger partial charge in [-0.05, 0) is 38.3 Å². The Hall–Kier alpha value is -2.99. The molecule has 1 amide bonds. The highest BCUT2D eigenvalue weighted by atomic mass is 32.2. The Morgan fingerprint density at radius 1 is 1.16 bits per heavy atom. The van der Waals surface area contributed by atoms with Crippen LogP contribution in [0.15, 0.2) is 46.2 Å². The number of nitrogens with zero attached hydrogens (tertiary/aromatic N) is 3. The Labute approximate surface area is 233 Å². The Balaban J connectivity index is 1.33. The number of rotatable bonds is 9. The third-order valence-corrected chi connectivity index (χ3v) is 8.97. The van der Waals surface area contributed by atoms with E-state index in [9.17, 15) is 9.59 Å². The highest BCUT2D eigenvalue weighted by Gasteiger charge is 2.25. The van der Waals surface area contributed by atoms with E-state index >= 15 is 0 Å². The van der Waals surface area contributed by atoms with Crippen molar-refractivity contribution < 1.29 is 19.1 Å². The Bertz CT molecular complexity index is 1430. The van der Waals surface area contributed by atoms with Crippen LogP contribution in [0.2, 0.25) is 0 Å². The number of esters is 1. The zero-order valence-electron chi connectivity index (χ0n) is 21.4. The first-order valence-electron chi connectivity index (χ1n) is 12.2. The van der Waals surface area contributed by atoms with Crippen LogP contribution in [0.1, 0.15) is 33.6 Å². The van der Waals surface area contributed by atoms with E-state index in [1.54, 1.807) is 11.3 Å². The van der Waals surface area contributed by atoms with Gasteiger partial charge in [-0.3, -0.25) is 9.36 Å². The molecule has 4 aromatic rings. The minimum atomic E-state index is -0.489. The Morgan fingerprint density at radius 2 is 1.97 bits per heavy atom. The fraction of sp³-hybridized carbons (Fsp3) is 0.333. The van der Waals surface area contributed by atoms with Crippen LogP contribution in [0.5, 0.6) is 0 Å². The molecule has 3 aromatic heterocycles. The molecule has 0 aliphatic carbocycles. The van der Waals surface area contributed by atoms with Gasteiger partial charge >= 0.3 is 5.97 Å². The Morgan fingerprint density at radius 3 is 2.66 bits per heavy atom.